The first-order valence-electron chi connectivity index (χ1n) is 4.08. The molecular weight excluding hydrogens is 202 g/mol. The minimum Gasteiger partial charge on any atom is -0.266 e. The van der Waals surface area contributed by atoms with Crippen LogP contribution < -0.4 is 4.72 Å². The minimum atomic E-state index is -3.55. The van der Waals surface area contributed by atoms with Gasteiger partial charge in [0.05, 0.1) is 12.2 Å². The molecule has 2 N–H and O–H groups in total. The van der Waals surface area contributed by atoms with Crippen LogP contribution in [0.5, 0.6) is 0 Å². The van der Waals surface area contributed by atoms with Crippen molar-refractivity contribution < 1.29 is 8.42 Å². The maximum absolute atomic E-state index is 11.5. The van der Waals surface area contributed by atoms with Crippen LogP contribution in [0, 0.1) is 12.3 Å². The molecule has 6 heteroatoms. The normalized spacial score (nSPS) is 13.4. The van der Waals surface area contributed by atoms with Gasteiger partial charge in [0.1, 0.15) is 0 Å². The van der Waals surface area contributed by atoms with Gasteiger partial charge in [-0.05, 0) is 12.5 Å². The fourth-order valence-electron chi connectivity index (χ4n) is 0.879. The van der Waals surface area contributed by atoms with Gasteiger partial charge in [0.15, 0.2) is 5.03 Å². The van der Waals surface area contributed by atoms with Gasteiger partial charge in [0, 0.05) is 0 Å². The molecule has 1 aromatic heterocycles. The zero-order valence-electron chi connectivity index (χ0n) is 7.69. The standard InChI is InChI=1S/C8H11N3O2S/c1-3-7(4-2)11-14(12,13)8-5-6-9-10-8/h1,5-7,11H,4H2,2H3,(H,9,10). The third-order valence-corrected chi connectivity index (χ3v) is 3.07. The van der Waals surface area contributed by atoms with E-state index < -0.39 is 16.1 Å². The maximum atomic E-state index is 11.5. The second-order valence-electron chi connectivity index (χ2n) is 2.67. The summed E-state index contributed by atoms with van der Waals surface area (Å²) in [6.45, 7) is 1.81. The number of aromatic nitrogens is 2. The highest BCUT2D eigenvalue weighted by molar-refractivity contribution is 7.89. The van der Waals surface area contributed by atoms with Crippen molar-refractivity contribution in [1.82, 2.24) is 14.9 Å². The first-order chi connectivity index (χ1) is 6.60. The molecule has 1 heterocycles. The Bertz CT molecular complexity index is 416. The lowest BCUT2D eigenvalue weighted by molar-refractivity contribution is 0.566. The zero-order chi connectivity index (χ0) is 10.6. The predicted octanol–water partition coefficient (Wildman–Crippen LogP) is 0.0998. The Morgan fingerprint density at radius 1 is 1.79 bits per heavy atom. The molecule has 76 valence electrons. The van der Waals surface area contributed by atoms with Crippen LogP contribution in [0.3, 0.4) is 0 Å². The fourth-order valence-corrected chi connectivity index (χ4v) is 2.03. The predicted molar refractivity (Wildman–Crippen MR) is 51.8 cm³/mol. The van der Waals surface area contributed by atoms with E-state index in [2.05, 4.69) is 20.8 Å². The van der Waals surface area contributed by atoms with E-state index >= 15 is 0 Å². The van der Waals surface area contributed by atoms with Gasteiger partial charge in [-0.15, -0.1) is 6.42 Å². The minimum absolute atomic E-state index is 0.0196. The average molecular weight is 213 g/mol. The summed E-state index contributed by atoms with van der Waals surface area (Å²) in [5.41, 5.74) is 0. The topological polar surface area (TPSA) is 74.8 Å². The molecule has 0 aliphatic carbocycles. The molecule has 0 bridgehead atoms. The number of hydrogen-bond acceptors (Lipinski definition) is 3. The Morgan fingerprint density at radius 3 is 2.93 bits per heavy atom. The molecule has 1 unspecified atom stereocenters. The third kappa shape index (κ3) is 2.34. The van der Waals surface area contributed by atoms with Gasteiger partial charge in [0.25, 0.3) is 10.0 Å². The molecule has 0 aliphatic heterocycles. The van der Waals surface area contributed by atoms with Gasteiger partial charge in [-0.3, -0.25) is 5.10 Å². The zero-order valence-corrected chi connectivity index (χ0v) is 8.50. The molecule has 1 aromatic rings. The summed E-state index contributed by atoms with van der Waals surface area (Å²) < 4.78 is 25.4. The Balaban J connectivity index is 2.84. The van der Waals surface area contributed by atoms with Crippen LogP contribution >= 0.6 is 0 Å². The smallest absolute Gasteiger partial charge is 0.258 e. The lowest BCUT2D eigenvalue weighted by Gasteiger charge is -2.09. The van der Waals surface area contributed by atoms with Crippen LogP contribution in [-0.4, -0.2) is 24.7 Å². The lowest BCUT2D eigenvalue weighted by atomic mass is 10.3. The van der Waals surface area contributed by atoms with E-state index in [-0.39, 0.29) is 5.03 Å². The molecule has 0 radical (unpaired) electrons. The molecule has 14 heavy (non-hydrogen) atoms. The van der Waals surface area contributed by atoms with E-state index in [0.717, 1.165) is 0 Å². The highest BCUT2D eigenvalue weighted by Crippen LogP contribution is 2.04. The van der Waals surface area contributed by atoms with Crippen LogP contribution in [0.15, 0.2) is 17.3 Å². The summed E-state index contributed by atoms with van der Waals surface area (Å²) in [4.78, 5) is 0. The average Bonchev–Trinajstić information content (AvgIpc) is 2.67. The van der Waals surface area contributed by atoms with Crippen molar-refractivity contribution in [2.45, 2.75) is 24.4 Å². The monoisotopic (exact) mass is 213 g/mol. The van der Waals surface area contributed by atoms with Gasteiger partial charge in [-0.1, -0.05) is 12.8 Å². The molecule has 0 fully saturated rings. The van der Waals surface area contributed by atoms with Crippen molar-refractivity contribution in [3.8, 4) is 12.3 Å². The lowest BCUT2D eigenvalue weighted by Crippen LogP contribution is -2.33. The second kappa shape index (κ2) is 4.26. The largest absolute Gasteiger partial charge is 0.266 e. The van der Waals surface area contributed by atoms with E-state index in [1.807, 2.05) is 0 Å². The van der Waals surface area contributed by atoms with Gasteiger partial charge in [-0.2, -0.15) is 9.82 Å². The third-order valence-electron chi connectivity index (χ3n) is 1.67. The summed E-state index contributed by atoms with van der Waals surface area (Å²) in [6.07, 6.45) is 7.05. The molecule has 1 rings (SSSR count). The molecular formula is C8H11N3O2S. The molecule has 0 saturated heterocycles. The fraction of sp³-hybridized carbons (Fsp3) is 0.375. The Labute approximate surface area is 83.0 Å². The number of nitrogens with one attached hydrogen (secondary N) is 2. The van der Waals surface area contributed by atoms with E-state index in [1.54, 1.807) is 6.92 Å². The van der Waals surface area contributed by atoms with Gasteiger partial charge >= 0.3 is 0 Å². The van der Waals surface area contributed by atoms with Crippen molar-refractivity contribution >= 4 is 10.0 Å². The molecule has 5 nitrogen and oxygen atoms in total. The molecule has 0 saturated carbocycles. The van der Waals surface area contributed by atoms with Crippen LogP contribution in [0.25, 0.3) is 0 Å². The summed E-state index contributed by atoms with van der Waals surface area (Å²) >= 11 is 0. The van der Waals surface area contributed by atoms with Crippen molar-refractivity contribution in [3.05, 3.63) is 12.3 Å². The quantitative estimate of drug-likeness (QED) is 0.696. The molecule has 0 aliphatic rings. The van der Waals surface area contributed by atoms with Crippen LogP contribution in [0.1, 0.15) is 13.3 Å². The first kappa shape index (κ1) is 10.8. The summed E-state index contributed by atoms with van der Waals surface area (Å²) in [5, 5.41) is 5.93. The molecule has 1 atom stereocenters. The van der Waals surface area contributed by atoms with Crippen LogP contribution in [-0.2, 0) is 10.0 Å². The summed E-state index contributed by atoms with van der Waals surface area (Å²) in [5.74, 6) is 2.35. The number of aromatic amines is 1. The first-order valence-corrected chi connectivity index (χ1v) is 5.56. The number of hydrogen-bond donors (Lipinski definition) is 2. The SMILES string of the molecule is C#CC(CC)NS(=O)(=O)c1ccn[nH]1. The van der Waals surface area contributed by atoms with E-state index in [0.29, 0.717) is 6.42 Å². The Hall–Kier alpha value is -1.32. The van der Waals surface area contributed by atoms with E-state index in [4.69, 9.17) is 6.42 Å². The molecule has 0 spiro atoms. The number of sulfonamides is 1. The van der Waals surface area contributed by atoms with Crippen molar-refractivity contribution in [3.63, 3.8) is 0 Å². The van der Waals surface area contributed by atoms with Crippen molar-refractivity contribution in [2.75, 3.05) is 0 Å². The number of rotatable bonds is 4. The van der Waals surface area contributed by atoms with Gasteiger partial charge in [-0.25, -0.2) is 8.42 Å². The van der Waals surface area contributed by atoms with Crippen LogP contribution in [0.2, 0.25) is 0 Å². The second-order valence-corrected chi connectivity index (χ2v) is 4.35. The summed E-state index contributed by atoms with van der Waals surface area (Å²) in [6, 6.07) is 0.884. The molecule has 0 aromatic carbocycles. The van der Waals surface area contributed by atoms with Crippen molar-refractivity contribution in [1.29, 1.82) is 0 Å². The Morgan fingerprint density at radius 2 is 2.50 bits per heavy atom. The van der Waals surface area contributed by atoms with Gasteiger partial charge in [0.2, 0.25) is 0 Å². The number of nitrogens with zero attached hydrogens (tertiary/aromatic N) is 1. The highest BCUT2D eigenvalue weighted by Gasteiger charge is 2.18. The highest BCUT2D eigenvalue weighted by atomic mass is 32.2. The van der Waals surface area contributed by atoms with E-state index in [9.17, 15) is 8.42 Å². The number of terminal acetylenes is 1. The maximum Gasteiger partial charge on any atom is 0.258 e. The van der Waals surface area contributed by atoms with Gasteiger partial charge < -0.3 is 0 Å². The van der Waals surface area contributed by atoms with E-state index in [1.165, 1.54) is 12.3 Å². The van der Waals surface area contributed by atoms with Crippen molar-refractivity contribution in [2.24, 2.45) is 0 Å². The molecule has 0 amide bonds. The Kier molecular flexibility index (Phi) is 3.28. The summed E-state index contributed by atoms with van der Waals surface area (Å²) in [7, 11) is -3.55. The number of H-pyrrole nitrogens is 1. The van der Waals surface area contributed by atoms with Crippen LogP contribution in [0.4, 0.5) is 0 Å².